The third-order valence-corrected chi connectivity index (χ3v) is 2.81. The Labute approximate surface area is 99.2 Å². The van der Waals surface area contributed by atoms with E-state index in [2.05, 4.69) is 34.2 Å². The molecule has 0 bridgehead atoms. The Morgan fingerprint density at radius 3 is 2.60 bits per heavy atom. The SMILES string of the molecule is CCC(=O)Nc1c(C)cc(Br)cc1CC. The van der Waals surface area contributed by atoms with Gasteiger partial charge >= 0.3 is 0 Å². The van der Waals surface area contributed by atoms with E-state index in [1.54, 1.807) is 0 Å². The van der Waals surface area contributed by atoms with Crippen molar-refractivity contribution < 1.29 is 4.79 Å². The normalized spacial score (nSPS) is 10.1. The molecule has 0 unspecified atom stereocenters. The Hall–Kier alpha value is -0.830. The van der Waals surface area contributed by atoms with Gasteiger partial charge in [0, 0.05) is 16.6 Å². The maximum atomic E-state index is 11.4. The number of carbonyl (C=O) groups is 1. The van der Waals surface area contributed by atoms with Crippen molar-refractivity contribution in [3.05, 3.63) is 27.7 Å². The molecule has 0 spiro atoms. The molecule has 15 heavy (non-hydrogen) atoms. The molecule has 1 rings (SSSR count). The number of nitrogens with one attached hydrogen (secondary N) is 1. The molecule has 3 heteroatoms. The van der Waals surface area contributed by atoms with Gasteiger partial charge in [-0.2, -0.15) is 0 Å². The van der Waals surface area contributed by atoms with Crippen LogP contribution in [-0.2, 0) is 11.2 Å². The van der Waals surface area contributed by atoms with Crippen molar-refractivity contribution in [2.45, 2.75) is 33.6 Å². The largest absolute Gasteiger partial charge is 0.326 e. The van der Waals surface area contributed by atoms with Crippen LogP contribution in [-0.4, -0.2) is 5.91 Å². The quantitative estimate of drug-likeness (QED) is 0.892. The highest BCUT2D eigenvalue weighted by Gasteiger charge is 2.08. The van der Waals surface area contributed by atoms with Crippen molar-refractivity contribution in [1.29, 1.82) is 0 Å². The highest BCUT2D eigenvalue weighted by atomic mass is 79.9. The van der Waals surface area contributed by atoms with E-state index >= 15 is 0 Å². The van der Waals surface area contributed by atoms with E-state index in [1.165, 1.54) is 5.56 Å². The molecule has 0 aromatic heterocycles. The third-order valence-electron chi connectivity index (χ3n) is 2.35. The standard InChI is InChI=1S/C12H16BrNO/c1-4-9-7-10(13)6-8(3)12(9)14-11(15)5-2/h6-7H,4-5H2,1-3H3,(H,14,15). The van der Waals surface area contributed by atoms with Gasteiger partial charge in [0.05, 0.1) is 0 Å². The van der Waals surface area contributed by atoms with Gasteiger partial charge in [-0.3, -0.25) is 4.79 Å². The zero-order valence-corrected chi connectivity index (χ0v) is 10.9. The minimum Gasteiger partial charge on any atom is -0.326 e. The fraction of sp³-hybridized carbons (Fsp3) is 0.417. The number of halogens is 1. The van der Waals surface area contributed by atoms with E-state index in [0.717, 1.165) is 22.1 Å². The summed E-state index contributed by atoms with van der Waals surface area (Å²) in [5.41, 5.74) is 3.24. The zero-order chi connectivity index (χ0) is 11.4. The molecule has 1 aromatic rings. The Bertz CT molecular complexity index is 374. The molecule has 1 amide bonds. The number of anilines is 1. The molecule has 1 N–H and O–H groups in total. The second-order valence-corrected chi connectivity index (χ2v) is 4.43. The highest BCUT2D eigenvalue weighted by molar-refractivity contribution is 9.10. The Kier molecular flexibility index (Phi) is 4.33. The number of amides is 1. The van der Waals surface area contributed by atoms with Crippen LogP contribution in [0.2, 0.25) is 0 Å². The lowest BCUT2D eigenvalue weighted by atomic mass is 10.1. The van der Waals surface area contributed by atoms with Crippen LogP contribution in [0.5, 0.6) is 0 Å². The Morgan fingerprint density at radius 2 is 2.07 bits per heavy atom. The lowest BCUT2D eigenvalue weighted by Crippen LogP contribution is -2.12. The van der Waals surface area contributed by atoms with Crippen molar-refractivity contribution in [3.63, 3.8) is 0 Å². The zero-order valence-electron chi connectivity index (χ0n) is 9.36. The summed E-state index contributed by atoms with van der Waals surface area (Å²) in [6, 6.07) is 4.07. The van der Waals surface area contributed by atoms with Crippen LogP contribution in [0.3, 0.4) is 0 Å². The molecule has 0 fully saturated rings. The molecule has 0 aliphatic heterocycles. The molecule has 1 aromatic carbocycles. The van der Waals surface area contributed by atoms with Gasteiger partial charge in [-0.05, 0) is 36.6 Å². The highest BCUT2D eigenvalue weighted by Crippen LogP contribution is 2.26. The average Bonchev–Trinajstić information content (AvgIpc) is 2.21. The van der Waals surface area contributed by atoms with Gasteiger partial charge in [-0.25, -0.2) is 0 Å². The predicted octanol–water partition coefficient (Wildman–Crippen LogP) is 3.67. The smallest absolute Gasteiger partial charge is 0.224 e. The van der Waals surface area contributed by atoms with E-state index in [9.17, 15) is 4.79 Å². The number of hydrogen-bond donors (Lipinski definition) is 1. The predicted molar refractivity (Wildman–Crippen MR) is 67.2 cm³/mol. The van der Waals surface area contributed by atoms with Gasteiger partial charge in [0.2, 0.25) is 5.91 Å². The van der Waals surface area contributed by atoms with Gasteiger partial charge < -0.3 is 5.32 Å². The van der Waals surface area contributed by atoms with Crippen LogP contribution in [0, 0.1) is 6.92 Å². The van der Waals surface area contributed by atoms with E-state index < -0.39 is 0 Å². The molecule has 82 valence electrons. The molecule has 0 saturated carbocycles. The molecule has 0 saturated heterocycles. The molecule has 0 radical (unpaired) electrons. The minimum absolute atomic E-state index is 0.0649. The van der Waals surface area contributed by atoms with Crippen molar-refractivity contribution >= 4 is 27.5 Å². The monoisotopic (exact) mass is 269 g/mol. The number of rotatable bonds is 3. The van der Waals surface area contributed by atoms with E-state index in [1.807, 2.05) is 19.9 Å². The summed E-state index contributed by atoms with van der Waals surface area (Å²) in [6.45, 7) is 5.95. The fourth-order valence-electron chi connectivity index (χ4n) is 1.50. The summed E-state index contributed by atoms with van der Waals surface area (Å²) in [7, 11) is 0. The lowest BCUT2D eigenvalue weighted by molar-refractivity contribution is -0.115. The van der Waals surface area contributed by atoms with Gasteiger partial charge in [0.15, 0.2) is 0 Å². The first kappa shape index (κ1) is 12.2. The first-order valence-corrected chi connectivity index (χ1v) is 5.96. The van der Waals surface area contributed by atoms with Crippen molar-refractivity contribution in [2.24, 2.45) is 0 Å². The second kappa shape index (κ2) is 5.31. The van der Waals surface area contributed by atoms with Crippen LogP contribution < -0.4 is 5.32 Å². The van der Waals surface area contributed by atoms with Crippen LogP contribution in [0.4, 0.5) is 5.69 Å². The van der Waals surface area contributed by atoms with E-state index in [4.69, 9.17) is 0 Å². The lowest BCUT2D eigenvalue weighted by Gasteiger charge is -2.13. The molecule has 0 heterocycles. The van der Waals surface area contributed by atoms with E-state index in [0.29, 0.717) is 6.42 Å². The molecular formula is C12H16BrNO. The summed E-state index contributed by atoms with van der Waals surface area (Å²) in [5, 5.41) is 2.95. The van der Waals surface area contributed by atoms with Crippen LogP contribution in [0.15, 0.2) is 16.6 Å². The molecule has 2 nitrogen and oxygen atoms in total. The summed E-state index contributed by atoms with van der Waals surface area (Å²) >= 11 is 3.46. The first-order valence-electron chi connectivity index (χ1n) is 5.17. The number of hydrogen-bond acceptors (Lipinski definition) is 1. The first-order chi connectivity index (χ1) is 7.08. The maximum Gasteiger partial charge on any atom is 0.224 e. The molecule has 0 atom stereocenters. The van der Waals surface area contributed by atoms with Gasteiger partial charge in [0.25, 0.3) is 0 Å². The Balaban J connectivity index is 3.09. The maximum absolute atomic E-state index is 11.4. The molecular weight excluding hydrogens is 254 g/mol. The summed E-state index contributed by atoms with van der Waals surface area (Å²) < 4.78 is 1.06. The molecule has 0 aliphatic carbocycles. The van der Waals surface area contributed by atoms with Crippen molar-refractivity contribution in [1.82, 2.24) is 0 Å². The Morgan fingerprint density at radius 1 is 1.40 bits per heavy atom. The fourth-order valence-corrected chi connectivity index (χ4v) is 2.12. The van der Waals surface area contributed by atoms with Crippen molar-refractivity contribution in [3.8, 4) is 0 Å². The summed E-state index contributed by atoms with van der Waals surface area (Å²) in [5.74, 6) is 0.0649. The summed E-state index contributed by atoms with van der Waals surface area (Å²) in [6.07, 6.45) is 1.43. The van der Waals surface area contributed by atoms with Crippen LogP contribution >= 0.6 is 15.9 Å². The summed E-state index contributed by atoms with van der Waals surface area (Å²) in [4.78, 5) is 11.4. The third kappa shape index (κ3) is 3.06. The van der Waals surface area contributed by atoms with E-state index in [-0.39, 0.29) is 5.91 Å². The van der Waals surface area contributed by atoms with Crippen LogP contribution in [0.1, 0.15) is 31.4 Å². The molecule has 0 aliphatic rings. The number of carbonyl (C=O) groups excluding carboxylic acids is 1. The van der Waals surface area contributed by atoms with Gasteiger partial charge in [0.1, 0.15) is 0 Å². The number of benzene rings is 1. The van der Waals surface area contributed by atoms with Gasteiger partial charge in [-0.1, -0.05) is 29.8 Å². The van der Waals surface area contributed by atoms with Gasteiger partial charge in [-0.15, -0.1) is 0 Å². The van der Waals surface area contributed by atoms with Crippen molar-refractivity contribution in [2.75, 3.05) is 5.32 Å². The topological polar surface area (TPSA) is 29.1 Å². The second-order valence-electron chi connectivity index (χ2n) is 3.51. The minimum atomic E-state index is 0.0649. The van der Waals surface area contributed by atoms with Crippen LogP contribution in [0.25, 0.3) is 0 Å². The average molecular weight is 270 g/mol. The number of aryl methyl sites for hydroxylation is 2.